The van der Waals surface area contributed by atoms with Crippen LogP contribution in [-0.2, 0) is 6.54 Å². The van der Waals surface area contributed by atoms with Crippen molar-refractivity contribution >= 4 is 40.1 Å². The summed E-state index contributed by atoms with van der Waals surface area (Å²) in [6, 6.07) is 13.0. The van der Waals surface area contributed by atoms with Crippen LogP contribution in [0, 0.1) is 3.57 Å². The van der Waals surface area contributed by atoms with Gasteiger partial charge < -0.3 is 14.7 Å². The van der Waals surface area contributed by atoms with Gasteiger partial charge >= 0.3 is 0 Å². The standard InChI is InChI=1S/C17H17ClINO3/c1-23-16-10-15(19)14(18)9-13(16)17(22)20(7-8-21)11-12-5-3-2-4-6-12/h2-6,9-10,21H,7-8,11H2,1H3. The molecule has 0 bridgehead atoms. The van der Waals surface area contributed by atoms with Gasteiger partial charge in [0.25, 0.3) is 5.91 Å². The SMILES string of the molecule is COc1cc(I)c(Cl)cc1C(=O)N(CCO)Cc1ccccc1. The zero-order valence-corrected chi connectivity index (χ0v) is 15.5. The van der Waals surface area contributed by atoms with Crippen LogP contribution in [0.15, 0.2) is 42.5 Å². The Balaban J connectivity index is 2.32. The molecular formula is C17H17ClINO3. The van der Waals surface area contributed by atoms with E-state index in [0.717, 1.165) is 9.13 Å². The van der Waals surface area contributed by atoms with E-state index in [1.54, 1.807) is 17.0 Å². The summed E-state index contributed by atoms with van der Waals surface area (Å²) in [7, 11) is 1.52. The molecule has 0 heterocycles. The van der Waals surface area contributed by atoms with Crippen LogP contribution in [-0.4, -0.2) is 36.2 Å². The first-order valence-electron chi connectivity index (χ1n) is 7.04. The normalized spacial score (nSPS) is 10.4. The lowest BCUT2D eigenvalue weighted by Gasteiger charge is -2.23. The number of aliphatic hydroxyl groups is 1. The third kappa shape index (κ3) is 4.59. The molecule has 0 spiro atoms. The number of carbonyl (C=O) groups excluding carboxylic acids is 1. The van der Waals surface area contributed by atoms with Gasteiger partial charge in [-0.25, -0.2) is 0 Å². The van der Waals surface area contributed by atoms with Crippen LogP contribution in [0.2, 0.25) is 5.02 Å². The molecular weight excluding hydrogens is 429 g/mol. The second-order valence-electron chi connectivity index (χ2n) is 4.90. The minimum Gasteiger partial charge on any atom is -0.496 e. The van der Waals surface area contributed by atoms with Gasteiger partial charge in [-0.1, -0.05) is 41.9 Å². The Bertz CT molecular complexity index is 679. The Labute approximate surface area is 154 Å². The Morgan fingerprint density at radius 1 is 1.30 bits per heavy atom. The van der Waals surface area contributed by atoms with Gasteiger partial charge in [0, 0.05) is 16.7 Å². The summed E-state index contributed by atoms with van der Waals surface area (Å²) in [5, 5.41) is 9.78. The van der Waals surface area contributed by atoms with Gasteiger partial charge in [-0.3, -0.25) is 4.79 Å². The maximum Gasteiger partial charge on any atom is 0.258 e. The molecule has 0 aliphatic carbocycles. The molecule has 0 saturated carbocycles. The third-order valence-corrected chi connectivity index (χ3v) is 4.87. The minimum atomic E-state index is -0.224. The van der Waals surface area contributed by atoms with Crippen molar-refractivity contribution in [3.8, 4) is 5.75 Å². The summed E-state index contributed by atoms with van der Waals surface area (Å²) >= 11 is 8.23. The van der Waals surface area contributed by atoms with Crippen molar-refractivity contribution in [3.63, 3.8) is 0 Å². The molecule has 2 aromatic carbocycles. The topological polar surface area (TPSA) is 49.8 Å². The number of methoxy groups -OCH3 is 1. The fraction of sp³-hybridized carbons (Fsp3) is 0.235. The Morgan fingerprint density at radius 3 is 2.61 bits per heavy atom. The van der Waals surface area contributed by atoms with Crippen molar-refractivity contribution in [2.45, 2.75) is 6.54 Å². The smallest absolute Gasteiger partial charge is 0.258 e. The average Bonchev–Trinajstić information content (AvgIpc) is 2.57. The number of carbonyl (C=O) groups is 1. The first-order chi connectivity index (χ1) is 11.1. The molecule has 23 heavy (non-hydrogen) atoms. The van der Waals surface area contributed by atoms with E-state index in [1.165, 1.54) is 7.11 Å². The second kappa shape index (κ2) is 8.52. The lowest BCUT2D eigenvalue weighted by atomic mass is 10.1. The number of benzene rings is 2. The molecule has 1 N–H and O–H groups in total. The molecule has 0 unspecified atom stereocenters. The maximum atomic E-state index is 12.9. The molecule has 0 saturated heterocycles. The van der Waals surface area contributed by atoms with Crippen LogP contribution in [0.4, 0.5) is 0 Å². The van der Waals surface area contributed by atoms with Crippen LogP contribution >= 0.6 is 34.2 Å². The number of aliphatic hydroxyl groups excluding tert-OH is 1. The van der Waals surface area contributed by atoms with E-state index >= 15 is 0 Å². The molecule has 2 aromatic rings. The molecule has 0 atom stereocenters. The van der Waals surface area contributed by atoms with Gasteiger partial charge in [-0.2, -0.15) is 0 Å². The Morgan fingerprint density at radius 2 is 2.00 bits per heavy atom. The quantitative estimate of drug-likeness (QED) is 0.692. The van der Waals surface area contributed by atoms with Gasteiger partial charge in [0.2, 0.25) is 0 Å². The number of amides is 1. The zero-order chi connectivity index (χ0) is 16.8. The monoisotopic (exact) mass is 445 g/mol. The first kappa shape index (κ1) is 18.0. The molecule has 0 aromatic heterocycles. The van der Waals surface area contributed by atoms with Gasteiger partial charge in [0.05, 0.1) is 24.3 Å². The van der Waals surface area contributed by atoms with Crippen molar-refractivity contribution < 1.29 is 14.6 Å². The van der Waals surface area contributed by atoms with Crippen molar-refractivity contribution in [3.05, 3.63) is 62.2 Å². The molecule has 0 radical (unpaired) electrons. The van der Waals surface area contributed by atoms with Crippen LogP contribution in [0.3, 0.4) is 0 Å². The van der Waals surface area contributed by atoms with E-state index in [9.17, 15) is 9.90 Å². The zero-order valence-electron chi connectivity index (χ0n) is 12.6. The fourth-order valence-corrected chi connectivity index (χ4v) is 2.81. The van der Waals surface area contributed by atoms with E-state index in [0.29, 0.717) is 22.9 Å². The number of ether oxygens (including phenoxy) is 1. The molecule has 4 nitrogen and oxygen atoms in total. The molecule has 0 aliphatic heterocycles. The highest BCUT2D eigenvalue weighted by Crippen LogP contribution is 2.29. The van der Waals surface area contributed by atoms with Gasteiger partial charge in [0.1, 0.15) is 5.75 Å². The highest BCUT2D eigenvalue weighted by molar-refractivity contribution is 14.1. The minimum absolute atomic E-state index is 0.112. The van der Waals surface area contributed by atoms with E-state index in [1.807, 2.05) is 30.3 Å². The van der Waals surface area contributed by atoms with E-state index in [2.05, 4.69) is 22.6 Å². The Kier molecular flexibility index (Phi) is 6.68. The Hall–Kier alpha value is -1.31. The van der Waals surface area contributed by atoms with Crippen molar-refractivity contribution in [1.82, 2.24) is 4.90 Å². The highest BCUT2D eigenvalue weighted by atomic mass is 127. The maximum absolute atomic E-state index is 12.9. The van der Waals surface area contributed by atoms with Crippen molar-refractivity contribution in [2.75, 3.05) is 20.3 Å². The van der Waals surface area contributed by atoms with Gasteiger partial charge in [-0.15, -0.1) is 0 Å². The first-order valence-corrected chi connectivity index (χ1v) is 8.49. The number of nitrogens with zero attached hydrogens (tertiary/aromatic N) is 1. The average molecular weight is 446 g/mol. The molecule has 0 aliphatic rings. The number of halogens is 2. The predicted molar refractivity (Wildman–Crippen MR) is 99.0 cm³/mol. The molecule has 1 amide bonds. The predicted octanol–water partition coefficient (Wildman–Crippen LogP) is 3.59. The van der Waals surface area contributed by atoms with E-state index in [4.69, 9.17) is 16.3 Å². The lowest BCUT2D eigenvalue weighted by molar-refractivity contribution is 0.0704. The summed E-state index contributed by atoms with van der Waals surface area (Å²) in [5.41, 5.74) is 1.38. The van der Waals surface area contributed by atoms with Crippen LogP contribution in [0.5, 0.6) is 5.75 Å². The van der Waals surface area contributed by atoms with Crippen molar-refractivity contribution in [2.24, 2.45) is 0 Å². The molecule has 0 fully saturated rings. The molecule has 122 valence electrons. The number of rotatable bonds is 6. The van der Waals surface area contributed by atoms with Crippen LogP contribution in [0.1, 0.15) is 15.9 Å². The third-order valence-electron chi connectivity index (χ3n) is 3.35. The van der Waals surface area contributed by atoms with Gasteiger partial charge in [0.15, 0.2) is 0 Å². The lowest BCUT2D eigenvalue weighted by Crippen LogP contribution is -2.33. The van der Waals surface area contributed by atoms with Gasteiger partial charge in [-0.05, 0) is 40.3 Å². The number of hydrogen-bond acceptors (Lipinski definition) is 3. The van der Waals surface area contributed by atoms with Crippen molar-refractivity contribution in [1.29, 1.82) is 0 Å². The van der Waals surface area contributed by atoms with Crippen LogP contribution in [0.25, 0.3) is 0 Å². The van der Waals surface area contributed by atoms with Crippen LogP contribution < -0.4 is 4.74 Å². The fourth-order valence-electron chi connectivity index (χ4n) is 2.21. The summed E-state index contributed by atoms with van der Waals surface area (Å²) in [5.74, 6) is 0.248. The molecule has 6 heteroatoms. The highest BCUT2D eigenvalue weighted by Gasteiger charge is 2.21. The summed E-state index contributed by atoms with van der Waals surface area (Å²) in [4.78, 5) is 14.4. The second-order valence-corrected chi connectivity index (χ2v) is 6.47. The van der Waals surface area contributed by atoms with E-state index in [-0.39, 0.29) is 19.1 Å². The molecule has 2 rings (SSSR count). The number of hydrogen-bond donors (Lipinski definition) is 1. The largest absolute Gasteiger partial charge is 0.496 e. The summed E-state index contributed by atoms with van der Waals surface area (Å²) in [6.07, 6.45) is 0. The van der Waals surface area contributed by atoms with E-state index < -0.39 is 0 Å². The summed E-state index contributed by atoms with van der Waals surface area (Å²) in [6.45, 7) is 0.534. The summed E-state index contributed by atoms with van der Waals surface area (Å²) < 4.78 is 6.12.